The number of carboxylic acid groups (broad SMARTS) is 1. The van der Waals surface area contributed by atoms with Crippen LogP contribution in [0.5, 0.6) is 0 Å². The number of aromatic nitrogens is 3. The van der Waals surface area contributed by atoms with Crippen molar-refractivity contribution in [3.8, 4) is 0 Å². The third-order valence-corrected chi connectivity index (χ3v) is 9.04. The van der Waals surface area contributed by atoms with Gasteiger partial charge in [-0.3, -0.25) is 19.3 Å². The molecule has 13 nitrogen and oxygen atoms in total. The van der Waals surface area contributed by atoms with Crippen LogP contribution in [0.3, 0.4) is 0 Å². The monoisotopic (exact) mass is 555 g/mol. The zero-order valence-electron chi connectivity index (χ0n) is 18.1. The van der Waals surface area contributed by atoms with E-state index < -0.39 is 29.2 Å². The maximum Gasteiger partial charge on any atom is 0.352 e. The van der Waals surface area contributed by atoms with Gasteiger partial charge < -0.3 is 20.6 Å². The van der Waals surface area contributed by atoms with Gasteiger partial charge in [0.05, 0.1) is 0 Å². The summed E-state index contributed by atoms with van der Waals surface area (Å²) < 4.78 is 0.697. The Balaban J connectivity index is 1.50. The van der Waals surface area contributed by atoms with Crippen LogP contribution in [-0.4, -0.2) is 85.1 Å². The smallest absolute Gasteiger partial charge is 0.352 e. The molecule has 0 saturated carbocycles. The van der Waals surface area contributed by atoms with Crippen molar-refractivity contribution in [3.63, 3.8) is 0 Å². The molecule has 1 fully saturated rings. The average molecular weight is 556 g/mol. The highest BCUT2D eigenvalue weighted by molar-refractivity contribution is 8.01. The molecular weight excluding hydrogens is 539 g/mol. The van der Waals surface area contributed by atoms with Crippen molar-refractivity contribution in [3.05, 3.63) is 27.4 Å². The van der Waals surface area contributed by atoms with E-state index in [9.17, 15) is 24.3 Å². The number of rotatable bonds is 10. The molecule has 0 aromatic carbocycles. The summed E-state index contributed by atoms with van der Waals surface area (Å²) >= 11 is 5.19. The summed E-state index contributed by atoms with van der Waals surface area (Å²) in [7, 11) is 1.26. The maximum absolute atomic E-state index is 13.0. The number of hydrogen-bond donors (Lipinski definition) is 3. The summed E-state index contributed by atoms with van der Waals surface area (Å²) in [4.78, 5) is 59.5. The van der Waals surface area contributed by atoms with Gasteiger partial charge in [-0.1, -0.05) is 28.3 Å². The van der Waals surface area contributed by atoms with Gasteiger partial charge in [-0.05, 0) is 12.5 Å². The molecule has 1 unspecified atom stereocenters. The number of thioether (sulfide) groups is 2. The molecule has 2 aromatic heterocycles. The average Bonchev–Trinajstić information content (AvgIpc) is 3.48. The van der Waals surface area contributed by atoms with E-state index in [0.717, 1.165) is 11.3 Å². The van der Waals surface area contributed by atoms with Gasteiger partial charge in [0.1, 0.15) is 35.4 Å². The molecule has 3 N–H and O–H groups in total. The summed E-state index contributed by atoms with van der Waals surface area (Å²) in [5.41, 5.74) is 2.12. The first-order valence-electron chi connectivity index (χ1n) is 9.74. The number of anilines is 1. The van der Waals surface area contributed by atoms with Crippen LogP contribution in [0.15, 0.2) is 26.3 Å². The minimum absolute atomic E-state index is 0.0769. The summed E-state index contributed by atoms with van der Waals surface area (Å²) in [5.74, 6) is -1.74. The lowest BCUT2D eigenvalue weighted by Gasteiger charge is -2.49. The minimum Gasteiger partial charge on any atom is -0.477 e. The number of carbonyl (C=O) groups excluding carboxylic acids is 3. The Bertz CT molecular complexity index is 1230. The molecule has 35 heavy (non-hydrogen) atoms. The molecule has 0 radical (unpaired) electrons. The van der Waals surface area contributed by atoms with Crippen LogP contribution in [0.1, 0.15) is 10.6 Å². The van der Waals surface area contributed by atoms with Crippen LogP contribution in [-0.2, 0) is 24.0 Å². The van der Waals surface area contributed by atoms with Gasteiger partial charge in [-0.15, -0.1) is 33.3 Å². The van der Waals surface area contributed by atoms with Crippen molar-refractivity contribution in [1.29, 1.82) is 0 Å². The molecule has 2 aromatic rings. The van der Waals surface area contributed by atoms with Crippen molar-refractivity contribution in [2.24, 2.45) is 5.16 Å². The van der Waals surface area contributed by atoms with Gasteiger partial charge in [-0.25, -0.2) is 9.78 Å². The second kappa shape index (κ2) is 10.7. The first-order valence-corrected chi connectivity index (χ1v) is 13.5. The standard InChI is InChI=1S/C18H17N7O6S4/c1-7-9(22-17(35-7)19-5-26)10(24-31-2)13(27)21-11-14(28)25-12(16(29)30)8(3-32-15(11)25)4-33-18-23-20-6-34-18/h5-6,11,15H,3-4H2,1-2H3,(H,21,27)(H,29,30)(H,19,22,26)/t11?,15-/m1/s1. The molecule has 1 saturated heterocycles. The number of aryl methyl sites for hydroxylation is 1. The summed E-state index contributed by atoms with van der Waals surface area (Å²) in [6, 6.07) is -0.951. The number of hydrogen-bond acceptors (Lipinski definition) is 13. The zero-order valence-corrected chi connectivity index (χ0v) is 21.3. The van der Waals surface area contributed by atoms with E-state index in [1.165, 1.54) is 46.9 Å². The summed E-state index contributed by atoms with van der Waals surface area (Å²) in [6.45, 7) is 1.69. The van der Waals surface area contributed by atoms with Crippen LogP contribution in [0.25, 0.3) is 0 Å². The Morgan fingerprint density at radius 1 is 1.46 bits per heavy atom. The number of oxime groups is 1. The Labute approximate surface area is 214 Å². The number of fused-ring (bicyclic) bond motifs is 1. The SMILES string of the molecule is CON=C(C(=O)NC1C(=O)N2C(C(=O)O)=C(CSc3nncs3)CS[C@H]12)c1nc(NC=O)sc1C. The number of nitrogens with one attached hydrogen (secondary N) is 2. The van der Waals surface area contributed by atoms with Crippen LogP contribution >= 0.6 is 46.2 Å². The lowest BCUT2D eigenvalue weighted by molar-refractivity contribution is -0.150. The van der Waals surface area contributed by atoms with Crippen molar-refractivity contribution in [1.82, 2.24) is 25.4 Å². The van der Waals surface area contributed by atoms with Gasteiger partial charge in [0, 0.05) is 16.4 Å². The van der Waals surface area contributed by atoms with E-state index in [-0.39, 0.29) is 22.2 Å². The highest BCUT2D eigenvalue weighted by Gasteiger charge is 2.54. The molecule has 0 bridgehead atoms. The maximum atomic E-state index is 13.0. The normalized spacial score (nSPS) is 19.7. The number of nitrogens with zero attached hydrogens (tertiary/aromatic N) is 5. The van der Waals surface area contributed by atoms with Crippen LogP contribution < -0.4 is 10.6 Å². The Morgan fingerprint density at radius 3 is 2.91 bits per heavy atom. The highest BCUT2D eigenvalue weighted by atomic mass is 32.2. The van der Waals surface area contributed by atoms with Crippen molar-refractivity contribution in [2.45, 2.75) is 22.7 Å². The van der Waals surface area contributed by atoms with Gasteiger partial charge in [0.25, 0.3) is 11.8 Å². The first-order chi connectivity index (χ1) is 16.8. The molecule has 2 aliphatic rings. The van der Waals surface area contributed by atoms with E-state index in [1.807, 2.05) is 0 Å². The highest BCUT2D eigenvalue weighted by Crippen LogP contribution is 2.41. The van der Waals surface area contributed by atoms with E-state index in [4.69, 9.17) is 4.84 Å². The fourth-order valence-corrected chi connectivity index (χ4v) is 7.14. The van der Waals surface area contributed by atoms with E-state index in [2.05, 4.69) is 31.0 Å². The van der Waals surface area contributed by atoms with Gasteiger partial charge >= 0.3 is 5.97 Å². The summed E-state index contributed by atoms with van der Waals surface area (Å²) in [5, 5.41) is 26.0. The third-order valence-electron chi connectivity index (χ3n) is 4.85. The van der Waals surface area contributed by atoms with Crippen molar-refractivity contribution in [2.75, 3.05) is 23.9 Å². The number of β-lactam (4-membered cyclic amide) rings is 1. The Hall–Kier alpha value is -3.02. The number of amides is 3. The molecule has 4 heterocycles. The molecule has 4 rings (SSSR count). The predicted molar refractivity (Wildman–Crippen MR) is 130 cm³/mol. The molecular formula is C18H17N7O6S4. The minimum atomic E-state index is -1.21. The quantitative estimate of drug-likeness (QED) is 0.124. The molecule has 0 aliphatic carbocycles. The van der Waals surface area contributed by atoms with Gasteiger partial charge in [0.2, 0.25) is 6.41 Å². The largest absolute Gasteiger partial charge is 0.477 e. The topological polar surface area (TPSA) is 176 Å². The zero-order chi connectivity index (χ0) is 25.1. The Kier molecular flexibility index (Phi) is 7.68. The first kappa shape index (κ1) is 25.1. The number of thiazole rings is 1. The summed E-state index contributed by atoms with van der Waals surface area (Å²) in [6.07, 6.45) is 0.464. The second-order valence-corrected chi connectivity index (χ2v) is 11.3. The Morgan fingerprint density at radius 2 is 2.26 bits per heavy atom. The van der Waals surface area contributed by atoms with Crippen LogP contribution in [0.2, 0.25) is 0 Å². The van der Waals surface area contributed by atoms with E-state index >= 15 is 0 Å². The van der Waals surface area contributed by atoms with Crippen molar-refractivity contribution >= 4 is 81.2 Å². The molecule has 184 valence electrons. The van der Waals surface area contributed by atoms with E-state index in [1.54, 1.807) is 12.4 Å². The fraction of sp³-hybridized carbons (Fsp3) is 0.333. The molecule has 2 atom stereocenters. The fourth-order valence-electron chi connectivity index (χ4n) is 3.39. The molecule has 2 aliphatic heterocycles. The second-order valence-electron chi connectivity index (χ2n) is 6.92. The third kappa shape index (κ3) is 5.02. The van der Waals surface area contributed by atoms with Gasteiger partial charge in [0.15, 0.2) is 15.2 Å². The lowest BCUT2D eigenvalue weighted by atomic mass is 10.0. The molecule has 0 spiro atoms. The number of aliphatic carboxylic acids is 1. The molecule has 17 heteroatoms. The number of carboxylic acids is 1. The van der Waals surface area contributed by atoms with Crippen molar-refractivity contribution < 1.29 is 29.1 Å². The number of carbonyl (C=O) groups is 4. The predicted octanol–water partition coefficient (Wildman–Crippen LogP) is 0.753. The van der Waals surface area contributed by atoms with E-state index in [0.29, 0.717) is 32.7 Å². The molecule has 3 amide bonds. The van der Waals surface area contributed by atoms with Gasteiger partial charge in [-0.2, -0.15) is 0 Å². The van der Waals surface area contributed by atoms with Crippen LogP contribution in [0, 0.1) is 6.92 Å². The van der Waals surface area contributed by atoms with Crippen LogP contribution in [0.4, 0.5) is 5.13 Å². The lowest BCUT2D eigenvalue weighted by Crippen LogP contribution is -2.71.